The van der Waals surface area contributed by atoms with Crippen LogP contribution in [0.4, 0.5) is 0 Å². The predicted molar refractivity (Wildman–Crippen MR) is 88.9 cm³/mol. The third-order valence-electron chi connectivity index (χ3n) is 3.46. The summed E-state index contributed by atoms with van der Waals surface area (Å²) in [4.78, 5) is 46.9. The van der Waals surface area contributed by atoms with E-state index >= 15 is 0 Å². The predicted octanol–water partition coefficient (Wildman–Crippen LogP) is -5.40. The molecule has 0 aliphatic heterocycles. The van der Waals surface area contributed by atoms with Gasteiger partial charge in [0.1, 0.15) is 24.2 Å². The van der Waals surface area contributed by atoms with Crippen LogP contribution in [0.25, 0.3) is 0 Å². The molecule has 0 heterocycles. The van der Waals surface area contributed by atoms with E-state index in [-0.39, 0.29) is 0 Å². The van der Waals surface area contributed by atoms with E-state index < -0.39 is 73.3 Å². The molecule has 0 radical (unpaired) electrons. The number of carbonyl (C=O) groups is 4. The zero-order valence-electron chi connectivity index (χ0n) is 14.8. The van der Waals surface area contributed by atoms with Crippen molar-refractivity contribution >= 4 is 23.7 Å². The fraction of sp³-hybridized carbons (Fsp3) is 0.714. The molecular weight excluding hydrogens is 368 g/mol. The maximum Gasteiger partial charge on any atom is 0.328 e. The highest BCUT2D eigenvalue weighted by Gasteiger charge is 2.34. The molecule has 0 aromatic carbocycles. The van der Waals surface area contributed by atoms with Crippen LogP contribution in [0.15, 0.2) is 0 Å². The third-order valence-corrected chi connectivity index (χ3v) is 3.46. The van der Waals surface area contributed by atoms with Gasteiger partial charge >= 0.3 is 5.97 Å². The van der Waals surface area contributed by atoms with Gasteiger partial charge in [-0.2, -0.15) is 0 Å². The molecule has 6 unspecified atom stereocenters. The Balaban J connectivity index is 5.24. The minimum atomic E-state index is -1.66. The van der Waals surface area contributed by atoms with Gasteiger partial charge in [0.05, 0.1) is 25.4 Å². The topological polar surface area (TPSA) is 232 Å². The molecule has 0 spiro atoms. The molecule has 0 fully saturated rings. The summed E-state index contributed by atoms with van der Waals surface area (Å²) < 4.78 is 0. The van der Waals surface area contributed by atoms with E-state index in [9.17, 15) is 29.4 Å². The monoisotopic (exact) mass is 394 g/mol. The van der Waals surface area contributed by atoms with Crippen LogP contribution < -0.4 is 21.7 Å². The number of aliphatic carboxylic acids is 1. The SMILES string of the molecule is CC(O)C(NC(=O)C(N)CO)C(=O)NC(C(=O)NC(CO)C(=O)O)C(C)O. The second-order valence-corrected chi connectivity index (χ2v) is 5.82. The summed E-state index contributed by atoms with van der Waals surface area (Å²) >= 11 is 0. The van der Waals surface area contributed by atoms with Crippen molar-refractivity contribution in [3.05, 3.63) is 0 Å². The van der Waals surface area contributed by atoms with Crippen LogP contribution in [-0.2, 0) is 19.2 Å². The number of aliphatic hydroxyl groups is 4. The van der Waals surface area contributed by atoms with Gasteiger partial charge in [-0.05, 0) is 13.8 Å². The summed E-state index contributed by atoms with van der Waals surface area (Å²) in [7, 11) is 0. The largest absolute Gasteiger partial charge is 0.480 e. The second-order valence-electron chi connectivity index (χ2n) is 5.82. The Kier molecular flexibility index (Phi) is 10.4. The normalized spacial score (nSPS) is 17.6. The zero-order chi connectivity index (χ0) is 21.3. The molecule has 13 heteroatoms. The van der Waals surface area contributed by atoms with E-state index in [0.29, 0.717) is 0 Å². The molecule has 10 N–H and O–H groups in total. The minimum absolute atomic E-state index is 0.712. The molecule has 0 aliphatic rings. The van der Waals surface area contributed by atoms with Crippen LogP contribution in [0.3, 0.4) is 0 Å². The van der Waals surface area contributed by atoms with Gasteiger partial charge < -0.3 is 47.2 Å². The van der Waals surface area contributed by atoms with Crippen molar-refractivity contribution < 1.29 is 44.7 Å². The maximum atomic E-state index is 12.3. The van der Waals surface area contributed by atoms with E-state index in [1.165, 1.54) is 6.92 Å². The van der Waals surface area contributed by atoms with Gasteiger partial charge in [-0.25, -0.2) is 4.79 Å². The van der Waals surface area contributed by atoms with Gasteiger partial charge in [-0.1, -0.05) is 0 Å². The lowest BCUT2D eigenvalue weighted by molar-refractivity contribution is -0.144. The first-order valence-electron chi connectivity index (χ1n) is 7.93. The minimum Gasteiger partial charge on any atom is -0.480 e. The second kappa shape index (κ2) is 11.4. The molecule has 0 aromatic rings. The summed E-state index contributed by atoms with van der Waals surface area (Å²) in [5.74, 6) is -4.65. The quantitative estimate of drug-likeness (QED) is 0.161. The Labute approximate surface area is 154 Å². The van der Waals surface area contributed by atoms with E-state index in [2.05, 4.69) is 10.6 Å². The molecule has 0 saturated heterocycles. The Morgan fingerprint density at radius 1 is 0.815 bits per heavy atom. The van der Waals surface area contributed by atoms with Crippen molar-refractivity contribution in [3.8, 4) is 0 Å². The zero-order valence-corrected chi connectivity index (χ0v) is 14.8. The molecule has 0 saturated carbocycles. The number of nitrogens with two attached hydrogens (primary N) is 1. The van der Waals surface area contributed by atoms with Crippen LogP contribution in [0.1, 0.15) is 13.8 Å². The molecule has 6 atom stereocenters. The molecule has 3 amide bonds. The highest BCUT2D eigenvalue weighted by molar-refractivity contribution is 5.94. The first-order chi connectivity index (χ1) is 12.5. The fourth-order valence-corrected chi connectivity index (χ4v) is 1.84. The number of rotatable bonds is 11. The fourth-order valence-electron chi connectivity index (χ4n) is 1.84. The lowest BCUT2D eigenvalue weighted by Crippen LogP contribution is -2.62. The van der Waals surface area contributed by atoms with Crippen LogP contribution in [0, 0.1) is 0 Å². The van der Waals surface area contributed by atoms with Gasteiger partial charge in [0.25, 0.3) is 0 Å². The number of hydrogen-bond donors (Lipinski definition) is 9. The summed E-state index contributed by atoms with van der Waals surface area (Å²) in [6.45, 7) is 0.666. The van der Waals surface area contributed by atoms with Gasteiger partial charge in [0.2, 0.25) is 17.7 Å². The molecule has 156 valence electrons. The van der Waals surface area contributed by atoms with Gasteiger partial charge in [-0.15, -0.1) is 0 Å². The number of carboxylic acid groups (broad SMARTS) is 1. The summed E-state index contributed by atoms with van der Waals surface area (Å²) in [6.07, 6.45) is -2.91. The molecule has 0 rings (SSSR count). The lowest BCUT2D eigenvalue weighted by atomic mass is 10.1. The Morgan fingerprint density at radius 2 is 1.22 bits per heavy atom. The van der Waals surface area contributed by atoms with Crippen molar-refractivity contribution in [2.45, 2.75) is 50.2 Å². The van der Waals surface area contributed by atoms with Crippen LogP contribution in [-0.4, -0.2) is 98.8 Å². The Morgan fingerprint density at radius 3 is 1.56 bits per heavy atom. The molecule has 0 aliphatic carbocycles. The number of hydrogen-bond acceptors (Lipinski definition) is 9. The molecule has 13 nitrogen and oxygen atoms in total. The molecule has 0 aromatic heterocycles. The molecule has 0 bridgehead atoms. The number of nitrogens with one attached hydrogen (secondary N) is 3. The average molecular weight is 394 g/mol. The summed E-state index contributed by atoms with van der Waals surface area (Å²) in [5, 5.41) is 52.0. The van der Waals surface area contributed by atoms with E-state index in [1.807, 2.05) is 5.32 Å². The lowest BCUT2D eigenvalue weighted by Gasteiger charge is -2.27. The highest BCUT2D eigenvalue weighted by Crippen LogP contribution is 2.00. The summed E-state index contributed by atoms with van der Waals surface area (Å²) in [5.41, 5.74) is 5.30. The highest BCUT2D eigenvalue weighted by atomic mass is 16.4. The van der Waals surface area contributed by atoms with E-state index in [1.54, 1.807) is 0 Å². The smallest absolute Gasteiger partial charge is 0.328 e. The number of aliphatic hydroxyl groups excluding tert-OH is 4. The van der Waals surface area contributed by atoms with Crippen molar-refractivity contribution in [2.24, 2.45) is 5.73 Å². The number of amides is 3. The Bertz CT molecular complexity index is 541. The van der Waals surface area contributed by atoms with E-state index in [0.717, 1.165) is 6.92 Å². The third kappa shape index (κ3) is 7.84. The standard InChI is InChI=1S/C14H26N4O9/c1-5(21)9(12(24)16-8(4-20)14(26)27)18-13(25)10(6(2)22)17-11(23)7(15)3-19/h5-10,19-22H,3-4,15H2,1-2H3,(H,16,24)(H,17,23)(H,18,25)(H,26,27). The van der Waals surface area contributed by atoms with Crippen LogP contribution in [0.2, 0.25) is 0 Å². The van der Waals surface area contributed by atoms with Crippen LogP contribution >= 0.6 is 0 Å². The average Bonchev–Trinajstić information content (AvgIpc) is 2.59. The van der Waals surface area contributed by atoms with Crippen molar-refractivity contribution in [1.82, 2.24) is 16.0 Å². The van der Waals surface area contributed by atoms with Gasteiger partial charge in [0, 0.05) is 0 Å². The first-order valence-corrected chi connectivity index (χ1v) is 7.93. The first kappa shape index (κ1) is 24.7. The van der Waals surface area contributed by atoms with Gasteiger partial charge in [-0.3, -0.25) is 14.4 Å². The molecular formula is C14H26N4O9. The van der Waals surface area contributed by atoms with E-state index in [4.69, 9.17) is 21.1 Å². The van der Waals surface area contributed by atoms with Crippen LogP contribution in [0.5, 0.6) is 0 Å². The van der Waals surface area contributed by atoms with Crippen molar-refractivity contribution in [3.63, 3.8) is 0 Å². The number of carboxylic acids is 1. The maximum absolute atomic E-state index is 12.3. The van der Waals surface area contributed by atoms with Gasteiger partial charge in [0.15, 0.2) is 0 Å². The summed E-state index contributed by atoms with van der Waals surface area (Å²) in [6, 6.07) is -6.23. The number of carbonyl (C=O) groups excluding carboxylic acids is 3. The Hall–Kier alpha value is -2.32. The molecule has 27 heavy (non-hydrogen) atoms. The van der Waals surface area contributed by atoms with Crippen molar-refractivity contribution in [1.29, 1.82) is 0 Å². The van der Waals surface area contributed by atoms with Crippen molar-refractivity contribution in [2.75, 3.05) is 13.2 Å².